The van der Waals surface area contributed by atoms with Gasteiger partial charge in [-0.2, -0.15) is 9.97 Å². The maximum absolute atomic E-state index is 5.46. The SMILES string of the molecule is CCNc1nc(N)c(N)c(N)n1. The Balaban J connectivity index is 3.04. The van der Waals surface area contributed by atoms with Crippen LogP contribution in [0.2, 0.25) is 0 Å². The van der Waals surface area contributed by atoms with Crippen molar-refractivity contribution in [2.75, 3.05) is 29.1 Å². The molecule has 1 rings (SSSR count). The van der Waals surface area contributed by atoms with Crippen molar-refractivity contribution in [3.05, 3.63) is 0 Å². The molecule has 1 aromatic heterocycles. The van der Waals surface area contributed by atoms with E-state index in [1.165, 1.54) is 0 Å². The first-order chi connectivity index (χ1) is 5.65. The minimum Gasteiger partial charge on any atom is -0.393 e. The number of hydrogen-bond donors (Lipinski definition) is 4. The maximum Gasteiger partial charge on any atom is 0.226 e. The van der Waals surface area contributed by atoms with Gasteiger partial charge in [0.05, 0.1) is 0 Å². The molecule has 0 bridgehead atoms. The van der Waals surface area contributed by atoms with Crippen LogP contribution in [0.5, 0.6) is 0 Å². The van der Waals surface area contributed by atoms with Crippen LogP contribution in [0, 0.1) is 0 Å². The lowest BCUT2D eigenvalue weighted by Crippen LogP contribution is -2.09. The van der Waals surface area contributed by atoms with Gasteiger partial charge in [-0.05, 0) is 6.92 Å². The molecule has 0 radical (unpaired) electrons. The van der Waals surface area contributed by atoms with Crippen LogP contribution in [-0.4, -0.2) is 16.5 Å². The van der Waals surface area contributed by atoms with Crippen molar-refractivity contribution in [2.24, 2.45) is 0 Å². The van der Waals surface area contributed by atoms with Crippen LogP contribution in [0.25, 0.3) is 0 Å². The van der Waals surface area contributed by atoms with Crippen molar-refractivity contribution >= 4 is 23.3 Å². The summed E-state index contributed by atoms with van der Waals surface area (Å²) in [4.78, 5) is 7.75. The molecule has 66 valence electrons. The molecule has 0 spiro atoms. The lowest BCUT2D eigenvalue weighted by Gasteiger charge is -2.05. The summed E-state index contributed by atoms with van der Waals surface area (Å²) in [7, 11) is 0. The van der Waals surface area contributed by atoms with Gasteiger partial charge in [0.25, 0.3) is 0 Å². The van der Waals surface area contributed by atoms with E-state index in [0.29, 0.717) is 12.5 Å². The fourth-order valence-electron chi connectivity index (χ4n) is 0.742. The standard InChI is InChI=1S/C6H12N6/c1-2-10-6-11-4(8)3(7)5(9)12-6/h2,7H2,1H3,(H5,8,9,10,11,12). The van der Waals surface area contributed by atoms with E-state index in [4.69, 9.17) is 17.2 Å². The Bertz CT molecular complexity index is 260. The van der Waals surface area contributed by atoms with Gasteiger partial charge in [0, 0.05) is 6.54 Å². The van der Waals surface area contributed by atoms with Crippen molar-refractivity contribution in [1.82, 2.24) is 9.97 Å². The molecular formula is C6H12N6. The highest BCUT2D eigenvalue weighted by molar-refractivity contribution is 5.72. The molecule has 7 N–H and O–H groups in total. The number of hydrogen-bond acceptors (Lipinski definition) is 6. The third-order valence-corrected chi connectivity index (χ3v) is 1.34. The minimum atomic E-state index is 0.207. The number of nitrogens with one attached hydrogen (secondary N) is 1. The summed E-state index contributed by atoms with van der Waals surface area (Å²) >= 11 is 0. The Kier molecular flexibility index (Phi) is 2.18. The van der Waals surface area contributed by atoms with Crippen molar-refractivity contribution in [3.8, 4) is 0 Å². The second kappa shape index (κ2) is 3.12. The first kappa shape index (κ1) is 8.38. The molecule has 0 aliphatic heterocycles. The number of anilines is 4. The third-order valence-electron chi connectivity index (χ3n) is 1.34. The molecule has 1 heterocycles. The lowest BCUT2D eigenvalue weighted by molar-refractivity contribution is 1.10. The lowest BCUT2D eigenvalue weighted by atomic mass is 10.4. The molecule has 0 aromatic carbocycles. The average Bonchev–Trinajstić information content (AvgIpc) is 2.01. The molecule has 0 amide bonds. The van der Waals surface area contributed by atoms with Gasteiger partial charge in [-0.15, -0.1) is 0 Å². The summed E-state index contributed by atoms with van der Waals surface area (Å²) in [5.74, 6) is 0.818. The predicted octanol–water partition coefficient (Wildman–Crippen LogP) is -0.345. The van der Waals surface area contributed by atoms with E-state index >= 15 is 0 Å². The monoisotopic (exact) mass is 168 g/mol. The summed E-state index contributed by atoms with van der Waals surface area (Å²) in [6, 6.07) is 0. The molecule has 0 unspecified atom stereocenters. The van der Waals surface area contributed by atoms with Gasteiger partial charge in [0.1, 0.15) is 5.69 Å². The zero-order valence-corrected chi connectivity index (χ0v) is 6.83. The van der Waals surface area contributed by atoms with Gasteiger partial charge in [-0.1, -0.05) is 0 Å². The molecule has 0 fully saturated rings. The summed E-state index contributed by atoms with van der Waals surface area (Å²) in [6.45, 7) is 2.63. The molecule has 12 heavy (non-hydrogen) atoms. The summed E-state index contributed by atoms with van der Waals surface area (Å²) in [6.07, 6.45) is 0. The Morgan fingerprint density at radius 2 is 1.67 bits per heavy atom. The number of nitrogens with two attached hydrogens (primary N) is 3. The second-order valence-corrected chi connectivity index (χ2v) is 2.26. The number of aromatic nitrogens is 2. The highest BCUT2D eigenvalue weighted by atomic mass is 15.1. The fourth-order valence-corrected chi connectivity index (χ4v) is 0.742. The van der Waals surface area contributed by atoms with Crippen molar-refractivity contribution in [1.29, 1.82) is 0 Å². The Labute approximate surface area is 70.2 Å². The molecule has 0 atom stereocenters. The van der Waals surface area contributed by atoms with Gasteiger partial charge in [0.15, 0.2) is 11.6 Å². The van der Waals surface area contributed by atoms with Crippen LogP contribution < -0.4 is 22.5 Å². The maximum atomic E-state index is 5.46. The molecule has 0 saturated carbocycles. The number of nitrogens with zero attached hydrogens (tertiary/aromatic N) is 2. The molecule has 0 saturated heterocycles. The zero-order chi connectivity index (χ0) is 9.14. The van der Waals surface area contributed by atoms with Gasteiger partial charge >= 0.3 is 0 Å². The summed E-state index contributed by atoms with van der Waals surface area (Å²) in [5.41, 5.74) is 16.6. The second-order valence-electron chi connectivity index (χ2n) is 2.26. The summed E-state index contributed by atoms with van der Waals surface area (Å²) < 4.78 is 0. The highest BCUT2D eigenvalue weighted by Gasteiger charge is 2.04. The van der Waals surface area contributed by atoms with E-state index in [1.807, 2.05) is 6.92 Å². The number of nitrogen functional groups attached to an aromatic ring is 3. The zero-order valence-electron chi connectivity index (χ0n) is 6.83. The van der Waals surface area contributed by atoms with Crippen LogP contribution >= 0.6 is 0 Å². The van der Waals surface area contributed by atoms with E-state index in [2.05, 4.69) is 15.3 Å². The normalized spacial score (nSPS) is 9.75. The minimum absolute atomic E-state index is 0.207. The quantitative estimate of drug-likeness (QED) is 0.480. The molecule has 6 nitrogen and oxygen atoms in total. The van der Waals surface area contributed by atoms with Crippen molar-refractivity contribution < 1.29 is 0 Å². The van der Waals surface area contributed by atoms with E-state index in [1.54, 1.807) is 0 Å². The Morgan fingerprint density at radius 1 is 1.17 bits per heavy atom. The third kappa shape index (κ3) is 1.47. The Morgan fingerprint density at radius 3 is 2.08 bits per heavy atom. The van der Waals surface area contributed by atoms with Crippen LogP contribution in [0.3, 0.4) is 0 Å². The van der Waals surface area contributed by atoms with Crippen LogP contribution in [0.4, 0.5) is 23.3 Å². The first-order valence-electron chi connectivity index (χ1n) is 3.57. The topological polar surface area (TPSA) is 116 Å². The van der Waals surface area contributed by atoms with Gasteiger partial charge < -0.3 is 22.5 Å². The van der Waals surface area contributed by atoms with Gasteiger partial charge in [0.2, 0.25) is 5.95 Å². The largest absolute Gasteiger partial charge is 0.393 e. The van der Waals surface area contributed by atoms with Crippen LogP contribution in [-0.2, 0) is 0 Å². The Hall–Kier alpha value is -1.72. The highest BCUT2D eigenvalue weighted by Crippen LogP contribution is 2.19. The molecule has 0 aliphatic rings. The van der Waals surface area contributed by atoms with E-state index in [-0.39, 0.29) is 17.3 Å². The molecule has 6 heteroatoms. The number of rotatable bonds is 2. The van der Waals surface area contributed by atoms with Crippen LogP contribution in [0.1, 0.15) is 6.92 Å². The van der Waals surface area contributed by atoms with Gasteiger partial charge in [-0.25, -0.2) is 0 Å². The molecule has 0 aliphatic carbocycles. The molecular weight excluding hydrogens is 156 g/mol. The summed E-state index contributed by atoms with van der Waals surface area (Å²) in [5, 5.41) is 2.88. The van der Waals surface area contributed by atoms with E-state index < -0.39 is 0 Å². The van der Waals surface area contributed by atoms with Gasteiger partial charge in [-0.3, -0.25) is 0 Å². The smallest absolute Gasteiger partial charge is 0.226 e. The first-order valence-corrected chi connectivity index (χ1v) is 3.57. The average molecular weight is 168 g/mol. The van der Waals surface area contributed by atoms with E-state index in [9.17, 15) is 0 Å². The van der Waals surface area contributed by atoms with Crippen LogP contribution in [0.15, 0.2) is 0 Å². The van der Waals surface area contributed by atoms with Crippen molar-refractivity contribution in [3.63, 3.8) is 0 Å². The fraction of sp³-hybridized carbons (Fsp3) is 0.333. The van der Waals surface area contributed by atoms with Crippen molar-refractivity contribution in [2.45, 2.75) is 6.92 Å². The van der Waals surface area contributed by atoms with E-state index in [0.717, 1.165) is 0 Å². The predicted molar refractivity (Wildman–Crippen MR) is 49.4 cm³/mol. The molecule has 1 aromatic rings.